The zero-order valence-electron chi connectivity index (χ0n) is 9.88. The Morgan fingerprint density at radius 3 is 2.73 bits per heavy atom. The highest BCUT2D eigenvalue weighted by molar-refractivity contribution is 5.82. The summed E-state index contributed by atoms with van der Waals surface area (Å²) in [4.78, 5) is 14.0. The SMILES string of the molecule is CNCCN(C)C(=O)C1CC12CCCC2. The quantitative estimate of drug-likeness (QED) is 0.757. The van der Waals surface area contributed by atoms with Crippen LogP contribution in [-0.4, -0.2) is 38.0 Å². The lowest BCUT2D eigenvalue weighted by atomic mass is 10.0. The Balaban J connectivity index is 1.82. The molecule has 86 valence electrons. The van der Waals surface area contributed by atoms with Crippen LogP contribution < -0.4 is 5.32 Å². The van der Waals surface area contributed by atoms with E-state index in [4.69, 9.17) is 0 Å². The summed E-state index contributed by atoms with van der Waals surface area (Å²) < 4.78 is 0. The molecule has 0 aromatic carbocycles. The normalized spacial score (nSPS) is 26.9. The Hall–Kier alpha value is -0.570. The predicted octanol–water partition coefficient (Wildman–Crippen LogP) is 1.24. The van der Waals surface area contributed by atoms with Gasteiger partial charge in [0.25, 0.3) is 0 Å². The van der Waals surface area contributed by atoms with Crippen molar-refractivity contribution in [3.8, 4) is 0 Å². The van der Waals surface area contributed by atoms with Crippen LogP contribution in [0.4, 0.5) is 0 Å². The van der Waals surface area contributed by atoms with Crippen LogP contribution in [0.15, 0.2) is 0 Å². The molecule has 2 aliphatic carbocycles. The van der Waals surface area contributed by atoms with Gasteiger partial charge < -0.3 is 10.2 Å². The summed E-state index contributed by atoms with van der Waals surface area (Å²) in [6.07, 6.45) is 6.43. The highest BCUT2D eigenvalue weighted by Crippen LogP contribution is 2.63. The largest absolute Gasteiger partial charge is 0.344 e. The van der Waals surface area contributed by atoms with Crippen molar-refractivity contribution in [3.05, 3.63) is 0 Å². The maximum atomic E-state index is 12.1. The van der Waals surface area contributed by atoms with E-state index in [1.54, 1.807) is 0 Å². The molecule has 0 heterocycles. The summed E-state index contributed by atoms with van der Waals surface area (Å²) in [7, 11) is 3.86. The number of rotatable bonds is 4. The molecule has 3 heteroatoms. The molecule has 0 saturated heterocycles. The number of carbonyl (C=O) groups is 1. The fourth-order valence-corrected chi connectivity index (χ4v) is 2.98. The van der Waals surface area contributed by atoms with Gasteiger partial charge in [-0.3, -0.25) is 4.79 Å². The van der Waals surface area contributed by atoms with Gasteiger partial charge in [0.05, 0.1) is 0 Å². The molecular weight excluding hydrogens is 188 g/mol. The van der Waals surface area contributed by atoms with Crippen LogP contribution in [0.3, 0.4) is 0 Å². The van der Waals surface area contributed by atoms with E-state index in [1.165, 1.54) is 25.7 Å². The molecule has 3 nitrogen and oxygen atoms in total. The summed E-state index contributed by atoms with van der Waals surface area (Å²) in [6.45, 7) is 1.73. The highest BCUT2D eigenvalue weighted by atomic mass is 16.2. The average Bonchev–Trinajstić information content (AvgIpc) is 2.72. The van der Waals surface area contributed by atoms with Crippen LogP contribution in [0, 0.1) is 11.3 Å². The van der Waals surface area contributed by atoms with Crippen molar-refractivity contribution in [2.24, 2.45) is 11.3 Å². The Bertz CT molecular complexity index is 246. The number of nitrogens with one attached hydrogen (secondary N) is 1. The second-order valence-corrected chi connectivity index (χ2v) is 5.19. The Morgan fingerprint density at radius 1 is 1.47 bits per heavy atom. The average molecular weight is 210 g/mol. The predicted molar refractivity (Wildman–Crippen MR) is 60.6 cm³/mol. The van der Waals surface area contributed by atoms with Gasteiger partial charge in [-0.15, -0.1) is 0 Å². The van der Waals surface area contributed by atoms with Crippen LogP contribution in [0.5, 0.6) is 0 Å². The fourth-order valence-electron chi connectivity index (χ4n) is 2.98. The van der Waals surface area contributed by atoms with Crippen molar-refractivity contribution in [2.45, 2.75) is 32.1 Å². The minimum atomic E-state index is 0.363. The van der Waals surface area contributed by atoms with Crippen LogP contribution >= 0.6 is 0 Å². The minimum absolute atomic E-state index is 0.363. The molecule has 1 spiro atoms. The minimum Gasteiger partial charge on any atom is -0.344 e. The first-order valence-electron chi connectivity index (χ1n) is 6.09. The van der Waals surface area contributed by atoms with E-state index >= 15 is 0 Å². The number of amides is 1. The van der Waals surface area contributed by atoms with Crippen molar-refractivity contribution in [1.29, 1.82) is 0 Å². The lowest BCUT2D eigenvalue weighted by Gasteiger charge is -2.18. The topological polar surface area (TPSA) is 32.3 Å². The standard InChI is InChI=1S/C12H22N2O/c1-13-7-8-14(2)11(15)10-9-12(10)5-3-4-6-12/h10,13H,3-9H2,1-2H3. The molecule has 1 N–H and O–H groups in total. The van der Waals surface area contributed by atoms with E-state index in [0.29, 0.717) is 17.2 Å². The molecule has 2 rings (SSSR count). The van der Waals surface area contributed by atoms with Crippen molar-refractivity contribution in [1.82, 2.24) is 10.2 Å². The number of nitrogens with zero attached hydrogens (tertiary/aromatic N) is 1. The zero-order chi connectivity index (χ0) is 10.9. The first-order chi connectivity index (χ1) is 7.19. The molecule has 1 atom stereocenters. The van der Waals surface area contributed by atoms with Crippen LogP contribution in [-0.2, 0) is 4.79 Å². The fraction of sp³-hybridized carbons (Fsp3) is 0.917. The molecule has 0 aromatic heterocycles. The molecule has 1 amide bonds. The molecule has 0 bridgehead atoms. The second-order valence-electron chi connectivity index (χ2n) is 5.19. The first kappa shape index (κ1) is 10.9. The second kappa shape index (κ2) is 4.12. The molecule has 15 heavy (non-hydrogen) atoms. The molecule has 2 fully saturated rings. The van der Waals surface area contributed by atoms with Crippen molar-refractivity contribution in [2.75, 3.05) is 27.2 Å². The van der Waals surface area contributed by atoms with E-state index in [2.05, 4.69) is 5.32 Å². The summed E-state index contributed by atoms with van der Waals surface area (Å²) in [6, 6.07) is 0. The van der Waals surface area contributed by atoms with E-state index in [1.807, 2.05) is 19.0 Å². The molecule has 2 aliphatic rings. The van der Waals surface area contributed by atoms with Crippen molar-refractivity contribution < 1.29 is 4.79 Å². The zero-order valence-corrected chi connectivity index (χ0v) is 9.88. The molecule has 2 saturated carbocycles. The van der Waals surface area contributed by atoms with Crippen LogP contribution in [0.2, 0.25) is 0 Å². The third-order valence-electron chi connectivity index (χ3n) is 4.16. The summed E-state index contributed by atoms with van der Waals surface area (Å²) >= 11 is 0. The first-order valence-corrected chi connectivity index (χ1v) is 6.09. The van der Waals surface area contributed by atoms with Gasteiger partial charge in [-0.05, 0) is 31.7 Å². The van der Waals surface area contributed by atoms with Gasteiger partial charge in [0.15, 0.2) is 0 Å². The molecular formula is C12H22N2O. The third kappa shape index (κ3) is 2.03. The van der Waals surface area contributed by atoms with Gasteiger partial charge in [-0.1, -0.05) is 12.8 Å². The molecule has 0 aliphatic heterocycles. The van der Waals surface area contributed by atoms with Crippen molar-refractivity contribution >= 4 is 5.91 Å². The monoisotopic (exact) mass is 210 g/mol. The van der Waals surface area contributed by atoms with Gasteiger partial charge >= 0.3 is 0 Å². The number of carbonyl (C=O) groups excluding carboxylic acids is 1. The van der Waals surface area contributed by atoms with Crippen LogP contribution in [0.1, 0.15) is 32.1 Å². The van der Waals surface area contributed by atoms with Gasteiger partial charge in [0, 0.05) is 26.1 Å². The maximum absolute atomic E-state index is 12.1. The maximum Gasteiger partial charge on any atom is 0.226 e. The summed E-state index contributed by atoms with van der Waals surface area (Å²) in [5, 5.41) is 3.08. The lowest BCUT2D eigenvalue weighted by Crippen LogP contribution is -2.34. The third-order valence-corrected chi connectivity index (χ3v) is 4.16. The summed E-state index contributed by atoms with van der Waals surface area (Å²) in [5.74, 6) is 0.744. The van der Waals surface area contributed by atoms with Gasteiger partial charge in [-0.2, -0.15) is 0 Å². The highest BCUT2D eigenvalue weighted by Gasteiger charge is 2.59. The van der Waals surface area contributed by atoms with E-state index in [-0.39, 0.29) is 0 Å². The molecule has 0 radical (unpaired) electrons. The van der Waals surface area contributed by atoms with Crippen molar-refractivity contribution in [3.63, 3.8) is 0 Å². The molecule has 0 aromatic rings. The van der Waals surface area contributed by atoms with E-state index in [0.717, 1.165) is 19.5 Å². The molecule has 1 unspecified atom stereocenters. The number of hydrogen-bond donors (Lipinski definition) is 1. The Labute approximate surface area is 92.2 Å². The Morgan fingerprint density at radius 2 is 2.13 bits per heavy atom. The smallest absolute Gasteiger partial charge is 0.226 e. The number of hydrogen-bond acceptors (Lipinski definition) is 2. The summed E-state index contributed by atoms with van der Waals surface area (Å²) in [5.41, 5.74) is 0.449. The number of likely N-dealkylation sites (N-methyl/N-ethyl adjacent to an activating group) is 2. The van der Waals surface area contributed by atoms with Gasteiger partial charge in [-0.25, -0.2) is 0 Å². The van der Waals surface area contributed by atoms with Crippen LogP contribution in [0.25, 0.3) is 0 Å². The van der Waals surface area contributed by atoms with E-state index in [9.17, 15) is 4.79 Å². The lowest BCUT2D eigenvalue weighted by molar-refractivity contribution is -0.132. The Kier molecular flexibility index (Phi) is 3.01. The van der Waals surface area contributed by atoms with Gasteiger partial charge in [0.2, 0.25) is 5.91 Å². The van der Waals surface area contributed by atoms with E-state index < -0.39 is 0 Å². The van der Waals surface area contributed by atoms with Gasteiger partial charge in [0.1, 0.15) is 0 Å².